The second kappa shape index (κ2) is 12.4. The van der Waals surface area contributed by atoms with E-state index >= 15 is 0 Å². The van der Waals surface area contributed by atoms with Crippen molar-refractivity contribution in [1.82, 2.24) is 9.62 Å². The van der Waals surface area contributed by atoms with Crippen LogP contribution in [-0.4, -0.2) is 71.0 Å². The van der Waals surface area contributed by atoms with E-state index in [0.717, 1.165) is 25.8 Å². The van der Waals surface area contributed by atoms with Crippen LogP contribution in [0.5, 0.6) is 0 Å². The van der Waals surface area contributed by atoms with E-state index in [4.69, 9.17) is 9.53 Å². The summed E-state index contributed by atoms with van der Waals surface area (Å²) in [5.74, 6) is 0.777. The maximum Gasteiger partial charge on any atom is 0.292 e. The molecule has 2 fully saturated rings. The molecule has 1 aromatic rings. The monoisotopic (exact) mass is 440 g/mol. The number of likely N-dealkylation sites (tertiary alicyclic amines) is 1. The molecule has 1 saturated carbocycles. The molecule has 2 aliphatic rings. The topological polar surface area (TPSA) is 84.9 Å². The van der Waals surface area contributed by atoms with Crippen molar-refractivity contribution in [3.8, 4) is 0 Å². The lowest BCUT2D eigenvalue weighted by atomic mass is 9.83. The molecular weight excluding hydrogens is 404 g/mol. The molecule has 1 saturated heterocycles. The smallest absolute Gasteiger partial charge is 0.292 e. The van der Waals surface area contributed by atoms with Crippen molar-refractivity contribution in [3.05, 3.63) is 35.9 Å². The lowest BCUT2D eigenvalue weighted by molar-refractivity contribution is -0.126. The van der Waals surface area contributed by atoms with Gasteiger partial charge in [-0.15, -0.1) is 0 Å². The van der Waals surface area contributed by atoms with Gasteiger partial charge < -0.3 is 9.47 Å². The van der Waals surface area contributed by atoms with Gasteiger partial charge in [0, 0.05) is 12.1 Å². The molecule has 0 radical (unpaired) electrons. The third-order valence-corrected chi connectivity index (χ3v) is 7.50. The first-order chi connectivity index (χ1) is 14.4. The molecule has 0 spiro atoms. The van der Waals surface area contributed by atoms with Gasteiger partial charge in [0.2, 0.25) is 10.0 Å². The standard InChI is InChI=1S/C20H32N2O3S.C2H4O2/c1-3-26(23,24)21-19-13-14-22(2)20(19)15-25-18-11-9-17(10-12-18)16-7-5-4-6-8-16;1-4-2-3/h4-8,17-21H,3,9-15H2,1-2H3;2H,1H3/t17?,18?,19?,20-;/m0./s1. The van der Waals surface area contributed by atoms with E-state index in [-0.39, 0.29) is 17.8 Å². The van der Waals surface area contributed by atoms with Crippen LogP contribution in [0, 0.1) is 0 Å². The maximum absolute atomic E-state index is 11.9. The third-order valence-electron chi connectivity index (χ3n) is 6.08. The summed E-state index contributed by atoms with van der Waals surface area (Å²) < 4.78 is 36.8. The molecule has 30 heavy (non-hydrogen) atoms. The van der Waals surface area contributed by atoms with E-state index in [2.05, 4.69) is 51.7 Å². The summed E-state index contributed by atoms with van der Waals surface area (Å²) in [7, 11) is 0.196. The van der Waals surface area contributed by atoms with Crippen LogP contribution >= 0.6 is 0 Å². The van der Waals surface area contributed by atoms with Crippen LogP contribution in [-0.2, 0) is 24.3 Å². The highest BCUT2D eigenvalue weighted by Gasteiger charge is 2.35. The number of benzene rings is 1. The lowest BCUT2D eigenvalue weighted by Gasteiger charge is -2.32. The van der Waals surface area contributed by atoms with E-state index in [9.17, 15) is 8.42 Å². The molecule has 8 heteroatoms. The molecule has 1 unspecified atom stereocenters. The fourth-order valence-electron chi connectivity index (χ4n) is 4.23. The van der Waals surface area contributed by atoms with Crippen molar-refractivity contribution < 1.29 is 22.7 Å². The first kappa shape index (κ1) is 24.8. The Morgan fingerprint density at radius 1 is 1.13 bits per heavy atom. The van der Waals surface area contributed by atoms with Crippen LogP contribution in [0.2, 0.25) is 0 Å². The molecule has 0 bridgehead atoms. The molecule has 0 amide bonds. The van der Waals surface area contributed by atoms with Gasteiger partial charge in [0.05, 0.1) is 25.6 Å². The quantitative estimate of drug-likeness (QED) is 0.626. The molecule has 1 aliphatic heterocycles. The molecule has 7 nitrogen and oxygen atoms in total. The van der Waals surface area contributed by atoms with Crippen LogP contribution in [0.1, 0.15) is 50.5 Å². The summed E-state index contributed by atoms with van der Waals surface area (Å²) >= 11 is 0. The summed E-state index contributed by atoms with van der Waals surface area (Å²) in [5.41, 5.74) is 1.44. The van der Waals surface area contributed by atoms with Crippen molar-refractivity contribution in [1.29, 1.82) is 0 Å². The summed E-state index contributed by atoms with van der Waals surface area (Å²) in [6, 6.07) is 10.8. The van der Waals surface area contributed by atoms with Gasteiger partial charge in [0.1, 0.15) is 0 Å². The molecule has 1 N–H and O–H groups in total. The number of nitrogens with one attached hydrogen (secondary N) is 1. The SMILES string of the molecule is CCS(=O)(=O)NC1CCN(C)[C@H]1COC1CCC(c2ccccc2)CC1.COC=O. The number of sulfonamides is 1. The maximum atomic E-state index is 11.9. The number of nitrogens with zero attached hydrogens (tertiary/aromatic N) is 1. The van der Waals surface area contributed by atoms with Crippen molar-refractivity contribution in [2.75, 3.05) is 33.1 Å². The average Bonchev–Trinajstić information content (AvgIpc) is 3.11. The Labute approximate surface area is 181 Å². The Bertz CT molecular complexity index is 720. The Kier molecular flexibility index (Phi) is 10.2. The zero-order valence-electron chi connectivity index (χ0n) is 18.3. The number of carbonyl (C=O) groups excluding carboxylic acids is 1. The van der Waals surface area contributed by atoms with E-state index in [1.807, 2.05) is 0 Å². The highest BCUT2D eigenvalue weighted by molar-refractivity contribution is 7.89. The second-order valence-electron chi connectivity index (χ2n) is 8.01. The molecule has 170 valence electrons. The van der Waals surface area contributed by atoms with Crippen molar-refractivity contribution in [3.63, 3.8) is 0 Å². The number of carbonyl (C=O) groups is 1. The highest BCUT2D eigenvalue weighted by Crippen LogP contribution is 2.34. The van der Waals surface area contributed by atoms with Crippen LogP contribution in [0.3, 0.4) is 0 Å². The minimum absolute atomic E-state index is 0.0365. The van der Waals surface area contributed by atoms with Gasteiger partial charge >= 0.3 is 0 Å². The lowest BCUT2D eigenvalue weighted by Crippen LogP contribution is -2.47. The normalized spacial score (nSPS) is 27.2. The van der Waals surface area contributed by atoms with Crippen LogP contribution in [0.15, 0.2) is 30.3 Å². The highest BCUT2D eigenvalue weighted by atomic mass is 32.2. The third kappa shape index (κ3) is 7.65. The van der Waals surface area contributed by atoms with E-state index in [1.165, 1.54) is 25.5 Å². The van der Waals surface area contributed by atoms with Crippen LogP contribution < -0.4 is 4.72 Å². The Morgan fingerprint density at radius 3 is 2.33 bits per heavy atom. The molecule has 2 atom stereocenters. The number of methoxy groups -OCH3 is 1. The van der Waals surface area contributed by atoms with Crippen molar-refractivity contribution >= 4 is 16.5 Å². The number of likely N-dealkylation sites (N-methyl/N-ethyl adjacent to an activating group) is 1. The molecular formula is C22H36N2O5S. The zero-order valence-corrected chi connectivity index (χ0v) is 19.1. The Morgan fingerprint density at radius 2 is 1.77 bits per heavy atom. The molecule has 0 aromatic heterocycles. The van der Waals surface area contributed by atoms with Gasteiger partial charge in [-0.3, -0.25) is 9.69 Å². The average molecular weight is 441 g/mol. The summed E-state index contributed by atoms with van der Waals surface area (Å²) in [6.07, 6.45) is 5.66. The molecule has 1 aliphatic carbocycles. The van der Waals surface area contributed by atoms with Crippen molar-refractivity contribution in [2.45, 2.75) is 63.1 Å². The van der Waals surface area contributed by atoms with Gasteiger partial charge in [-0.05, 0) is 64.1 Å². The Balaban J connectivity index is 0.000000735. The van der Waals surface area contributed by atoms with E-state index in [0.29, 0.717) is 25.1 Å². The second-order valence-corrected chi connectivity index (χ2v) is 10.1. The number of hydrogen-bond acceptors (Lipinski definition) is 6. The fraction of sp³-hybridized carbons (Fsp3) is 0.682. The van der Waals surface area contributed by atoms with Gasteiger partial charge in [-0.25, -0.2) is 13.1 Å². The minimum Gasteiger partial charge on any atom is -0.471 e. The summed E-state index contributed by atoms with van der Waals surface area (Å²) in [6.45, 7) is 3.57. The fourth-order valence-corrected chi connectivity index (χ4v) is 5.13. The molecule has 1 heterocycles. The van der Waals surface area contributed by atoms with Crippen LogP contribution in [0.4, 0.5) is 0 Å². The summed E-state index contributed by atoms with van der Waals surface area (Å²) in [5, 5.41) is 0. The first-order valence-electron chi connectivity index (χ1n) is 10.7. The number of ether oxygens (including phenoxy) is 2. The first-order valence-corrected chi connectivity index (χ1v) is 12.4. The van der Waals surface area contributed by atoms with Gasteiger partial charge in [-0.1, -0.05) is 30.3 Å². The largest absolute Gasteiger partial charge is 0.471 e. The van der Waals surface area contributed by atoms with Crippen LogP contribution in [0.25, 0.3) is 0 Å². The number of hydrogen-bond donors (Lipinski definition) is 1. The predicted octanol–water partition coefficient (Wildman–Crippen LogP) is 2.53. The zero-order chi connectivity index (χ0) is 22.0. The Hall–Kier alpha value is -1.48. The minimum atomic E-state index is -3.17. The molecule has 1 aromatic carbocycles. The predicted molar refractivity (Wildman–Crippen MR) is 118 cm³/mol. The van der Waals surface area contributed by atoms with Gasteiger partial charge in [0.25, 0.3) is 6.47 Å². The van der Waals surface area contributed by atoms with E-state index < -0.39 is 10.0 Å². The summed E-state index contributed by atoms with van der Waals surface area (Å²) in [4.78, 5) is 11.2. The van der Waals surface area contributed by atoms with Crippen molar-refractivity contribution in [2.24, 2.45) is 0 Å². The van der Waals surface area contributed by atoms with Gasteiger partial charge in [-0.2, -0.15) is 0 Å². The number of rotatable bonds is 8. The molecule has 3 rings (SSSR count). The van der Waals surface area contributed by atoms with Gasteiger partial charge in [0.15, 0.2) is 0 Å². The van der Waals surface area contributed by atoms with E-state index in [1.54, 1.807) is 6.92 Å².